The van der Waals surface area contributed by atoms with E-state index in [4.69, 9.17) is 4.74 Å². The summed E-state index contributed by atoms with van der Waals surface area (Å²) in [5, 5.41) is 6.34. The second-order valence-electron chi connectivity index (χ2n) is 8.67. The molecule has 2 unspecified atom stereocenters. The Morgan fingerprint density at radius 1 is 1.18 bits per heavy atom. The van der Waals surface area contributed by atoms with E-state index in [2.05, 4.69) is 25.1 Å². The molecule has 2 N–H and O–H groups in total. The molecule has 196 valence electrons. The highest BCUT2D eigenvalue weighted by Gasteiger charge is 2.31. The summed E-state index contributed by atoms with van der Waals surface area (Å²) in [4.78, 5) is 45.7. The van der Waals surface area contributed by atoms with Crippen LogP contribution in [-0.4, -0.2) is 40.7 Å². The minimum atomic E-state index is -4.04. The maximum atomic E-state index is 13.3. The van der Waals surface area contributed by atoms with Gasteiger partial charge in [-0.15, -0.1) is 0 Å². The average Bonchev–Trinajstić information content (AvgIpc) is 3.29. The molecule has 0 radical (unpaired) electrons. The van der Waals surface area contributed by atoms with E-state index in [-0.39, 0.29) is 46.8 Å². The third-order valence-corrected chi connectivity index (χ3v) is 7.56. The van der Waals surface area contributed by atoms with Crippen LogP contribution in [0.5, 0.6) is 5.75 Å². The van der Waals surface area contributed by atoms with Crippen molar-refractivity contribution in [3.63, 3.8) is 0 Å². The number of anilines is 1. The Bertz CT molecular complexity index is 1660. The minimum absolute atomic E-state index is 0.0193. The first-order valence-electron chi connectivity index (χ1n) is 11.6. The number of carbonyl (C=O) groups is 2. The number of fused-ring (bicyclic) bond motifs is 1. The van der Waals surface area contributed by atoms with Crippen LogP contribution < -0.4 is 20.3 Å². The summed E-state index contributed by atoms with van der Waals surface area (Å²) in [6, 6.07) is 9.49. The number of carbonyl (C=O) groups excluding carboxylic acids is 2. The zero-order chi connectivity index (χ0) is 27.0. The van der Waals surface area contributed by atoms with E-state index in [0.29, 0.717) is 11.6 Å². The number of nitrogens with one attached hydrogen (secondary N) is 2. The molecule has 2 atom stereocenters. The highest BCUT2D eigenvalue weighted by molar-refractivity contribution is 7.99. The van der Waals surface area contributed by atoms with Crippen LogP contribution in [0.4, 0.5) is 5.69 Å². The van der Waals surface area contributed by atoms with Crippen LogP contribution in [0, 0.1) is 6.92 Å². The number of benzene rings is 2. The molecule has 2 aromatic carbocycles. The Morgan fingerprint density at radius 2 is 1.95 bits per heavy atom. The van der Waals surface area contributed by atoms with Gasteiger partial charge in [0.15, 0.2) is 21.1 Å². The molecule has 0 saturated carbocycles. The number of amides is 2. The van der Waals surface area contributed by atoms with E-state index in [1.807, 2.05) is 0 Å². The van der Waals surface area contributed by atoms with Crippen LogP contribution in [0.2, 0.25) is 0 Å². The summed E-state index contributed by atoms with van der Waals surface area (Å²) in [5.41, 5.74) is -0.251. The van der Waals surface area contributed by atoms with E-state index in [9.17, 15) is 23.1 Å². The first-order valence-corrected chi connectivity index (χ1v) is 13.1. The summed E-state index contributed by atoms with van der Waals surface area (Å²) >= 11 is 0. The SMILES string of the molecule is Cc1nc2c(N[S+](=O)([O-])c3ccc(OCc4ncnn4C)cc3)cccc2c(=O)n1C1CCC(=O)NC1=O. The summed E-state index contributed by atoms with van der Waals surface area (Å²) < 4.78 is 37.2. The first kappa shape index (κ1) is 25.2. The normalized spacial score (nSPS) is 17.2. The van der Waals surface area contributed by atoms with Gasteiger partial charge in [0.1, 0.15) is 41.8 Å². The van der Waals surface area contributed by atoms with Crippen molar-refractivity contribution in [1.29, 1.82) is 0 Å². The monoisotopic (exact) mass is 537 g/mol. The molecule has 0 bridgehead atoms. The fourth-order valence-electron chi connectivity index (χ4n) is 4.22. The van der Waals surface area contributed by atoms with Crippen LogP contribution in [0.25, 0.3) is 10.9 Å². The summed E-state index contributed by atoms with van der Waals surface area (Å²) in [6.07, 6.45) is 1.68. The van der Waals surface area contributed by atoms with Gasteiger partial charge in [0.2, 0.25) is 11.8 Å². The van der Waals surface area contributed by atoms with Crippen LogP contribution in [0.1, 0.15) is 30.5 Å². The third-order valence-electron chi connectivity index (χ3n) is 6.18. The number of para-hydroxylation sites is 1. The maximum Gasteiger partial charge on any atom is 0.262 e. The topological polar surface area (TPSA) is 173 Å². The fourth-order valence-corrected chi connectivity index (χ4v) is 5.29. The van der Waals surface area contributed by atoms with Gasteiger partial charge in [-0.2, -0.15) is 5.10 Å². The number of rotatable bonds is 7. The molecule has 4 aromatic rings. The second kappa shape index (κ2) is 9.79. The Labute approximate surface area is 217 Å². The molecule has 1 aliphatic heterocycles. The van der Waals surface area contributed by atoms with Gasteiger partial charge in [0, 0.05) is 13.5 Å². The second-order valence-corrected chi connectivity index (χ2v) is 10.4. The zero-order valence-corrected chi connectivity index (χ0v) is 21.2. The van der Waals surface area contributed by atoms with Crippen molar-refractivity contribution in [3.8, 4) is 5.75 Å². The highest BCUT2D eigenvalue weighted by atomic mass is 32.3. The maximum absolute atomic E-state index is 13.3. The number of hydrogen-bond donors (Lipinski definition) is 2. The lowest BCUT2D eigenvalue weighted by molar-refractivity contribution is -0.135. The van der Waals surface area contributed by atoms with Crippen molar-refractivity contribution in [2.75, 3.05) is 4.72 Å². The van der Waals surface area contributed by atoms with E-state index in [1.165, 1.54) is 53.4 Å². The molecule has 0 aliphatic carbocycles. The lowest BCUT2D eigenvalue weighted by atomic mass is 10.1. The van der Waals surface area contributed by atoms with Crippen molar-refractivity contribution < 1.29 is 23.1 Å². The van der Waals surface area contributed by atoms with Crippen molar-refractivity contribution in [2.24, 2.45) is 7.05 Å². The Morgan fingerprint density at radius 3 is 2.63 bits per heavy atom. The number of hydrogen-bond acceptors (Lipinski definition) is 9. The van der Waals surface area contributed by atoms with Crippen LogP contribution in [0.15, 0.2) is 58.5 Å². The van der Waals surface area contributed by atoms with Crippen molar-refractivity contribution in [2.45, 2.75) is 37.3 Å². The van der Waals surface area contributed by atoms with Gasteiger partial charge in [0.05, 0.1) is 5.39 Å². The van der Waals surface area contributed by atoms with Gasteiger partial charge in [-0.05, 0) is 49.7 Å². The molecular formula is C24H23N7O6S. The molecule has 5 rings (SSSR count). The Kier molecular flexibility index (Phi) is 6.50. The van der Waals surface area contributed by atoms with E-state index in [1.54, 1.807) is 18.7 Å². The predicted molar refractivity (Wildman–Crippen MR) is 135 cm³/mol. The van der Waals surface area contributed by atoms with Gasteiger partial charge < -0.3 is 9.29 Å². The lowest BCUT2D eigenvalue weighted by Gasteiger charge is -2.24. The van der Waals surface area contributed by atoms with Crippen molar-refractivity contribution >= 4 is 38.8 Å². The zero-order valence-electron chi connectivity index (χ0n) is 20.4. The molecule has 3 heterocycles. The fraction of sp³-hybridized carbons (Fsp3) is 0.250. The number of piperidine rings is 1. The van der Waals surface area contributed by atoms with Crippen molar-refractivity contribution in [3.05, 3.63) is 70.8 Å². The van der Waals surface area contributed by atoms with Crippen molar-refractivity contribution in [1.82, 2.24) is 29.6 Å². The van der Waals surface area contributed by atoms with Gasteiger partial charge in [-0.25, -0.2) is 14.7 Å². The van der Waals surface area contributed by atoms with E-state index in [0.717, 1.165) is 0 Å². The average molecular weight is 538 g/mol. The molecule has 13 nitrogen and oxygen atoms in total. The largest absolute Gasteiger partial charge is 0.588 e. The van der Waals surface area contributed by atoms with Crippen LogP contribution in [-0.2, 0) is 37.9 Å². The number of aryl methyl sites for hydroxylation is 2. The van der Waals surface area contributed by atoms with Gasteiger partial charge >= 0.3 is 0 Å². The lowest BCUT2D eigenvalue weighted by Crippen LogP contribution is -2.45. The highest BCUT2D eigenvalue weighted by Crippen LogP contribution is 2.28. The van der Waals surface area contributed by atoms with Gasteiger partial charge in [-0.3, -0.25) is 28.9 Å². The molecular weight excluding hydrogens is 514 g/mol. The first-order chi connectivity index (χ1) is 18.1. The molecule has 38 heavy (non-hydrogen) atoms. The molecule has 14 heteroatoms. The molecule has 1 fully saturated rings. The number of sulfonamides is 1. The molecule has 0 spiro atoms. The number of nitrogens with zero attached hydrogens (tertiary/aromatic N) is 5. The molecule has 2 amide bonds. The Hall–Kier alpha value is -4.43. The predicted octanol–water partition coefficient (Wildman–Crippen LogP) is 1.41. The summed E-state index contributed by atoms with van der Waals surface area (Å²) in [7, 11) is -2.30. The molecule has 1 aliphatic rings. The van der Waals surface area contributed by atoms with E-state index < -0.39 is 33.8 Å². The third kappa shape index (κ3) is 4.78. The van der Waals surface area contributed by atoms with Gasteiger partial charge in [-0.1, -0.05) is 10.3 Å². The van der Waals surface area contributed by atoms with E-state index >= 15 is 0 Å². The summed E-state index contributed by atoms with van der Waals surface area (Å²) in [5.74, 6) is 0.302. The molecule has 1 saturated heterocycles. The number of ether oxygens (including phenoxy) is 1. The number of aromatic nitrogens is 5. The quantitative estimate of drug-likeness (QED) is 0.261. The standard InChI is InChI=1S/C24H23N7O6S/c1-14-27-22-17(24(34)31(14)19-10-11-21(32)28-23(19)33)4-3-5-18(22)29-38(35,36)16-8-6-15(7-9-16)37-12-20-25-13-26-30(20)2/h3-9,13,19H,10-12H2,1-2H3,(H2-,28,29,32,33,35,36). The smallest absolute Gasteiger partial charge is 0.262 e. The minimum Gasteiger partial charge on any atom is -0.588 e. The van der Waals surface area contributed by atoms with Crippen LogP contribution >= 0.6 is 0 Å². The van der Waals surface area contributed by atoms with Gasteiger partial charge in [0.25, 0.3) is 5.56 Å². The number of imide groups is 1. The summed E-state index contributed by atoms with van der Waals surface area (Å²) in [6.45, 7) is 1.72. The molecule has 2 aromatic heterocycles. The Balaban J connectivity index is 1.40. The van der Waals surface area contributed by atoms with Crippen LogP contribution in [0.3, 0.4) is 0 Å².